The molecule has 0 aromatic heterocycles. The average Bonchev–Trinajstić information content (AvgIpc) is 2.16. The lowest BCUT2D eigenvalue weighted by molar-refractivity contribution is 0.0800. The van der Waals surface area contributed by atoms with Gasteiger partial charge in [-0.05, 0) is 12.8 Å². The van der Waals surface area contributed by atoms with Crippen LogP contribution in [-0.2, 0) is 10.1 Å². The first-order valence-electron chi connectivity index (χ1n) is 5.46. The standard InChI is InChI=1S/C10H19FO3S/c1-8(2)10(11,15(12,13)14)9-6-4-3-5-7-9/h8-9H,3-7H2,1-2H3,(H,12,13,14). The molecule has 0 radical (unpaired) electrons. The van der Waals surface area contributed by atoms with Gasteiger partial charge in [-0.3, -0.25) is 4.55 Å². The van der Waals surface area contributed by atoms with Gasteiger partial charge in [0.25, 0.3) is 0 Å². The fraction of sp³-hybridized carbons (Fsp3) is 1.00. The quantitative estimate of drug-likeness (QED) is 0.769. The van der Waals surface area contributed by atoms with Gasteiger partial charge >= 0.3 is 10.1 Å². The highest BCUT2D eigenvalue weighted by atomic mass is 32.2. The third-order valence-corrected chi connectivity index (χ3v) is 4.94. The van der Waals surface area contributed by atoms with Crippen molar-refractivity contribution in [1.82, 2.24) is 0 Å². The summed E-state index contributed by atoms with van der Waals surface area (Å²) >= 11 is 0. The van der Waals surface area contributed by atoms with Crippen LogP contribution >= 0.6 is 0 Å². The average molecular weight is 238 g/mol. The fourth-order valence-electron chi connectivity index (χ4n) is 2.48. The van der Waals surface area contributed by atoms with Crippen LogP contribution in [0, 0.1) is 11.8 Å². The molecule has 1 rings (SSSR count). The van der Waals surface area contributed by atoms with Crippen LogP contribution in [0.15, 0.2) is 0 Å². The first-order chi connectivity index (χ1) is 6.80. The number of alkyl halides is 1. The smallest absolute Gasteiger partial charge is 0.283 e. The third kappa shape index (κ3) is 2.33. The number of hydrogen-bond acceptors (Lipinski definition) is 2. The van der Waals surface area contributed by atoms with Crippen molar-refractivity contribution in [3.63, 3.8) is 0 Å². The first kappa shape index (κ1) is 12.9. The van der Waals surface area contributed by atoms with Crippen LogP contribution in [0.4, 0.5) is 4.39 Å². The van der Waals surface area contributed by atoms with Gasteiger partial charge in [0.1, 0.15) is 0 Å². The number of rotatable bonds is 3. The summed E-state index contributed by atoms with van der Waals surface area (Å²) in [6.07, 6.45) is 3.82. The Labute approximate surface area is 90.8 Å². The summed E-state index contributed by atoms with van der Waals surface area (Å²) in [6, 6.07) is 0. The maximum absolute atomic E-state index is 14.5. The molecule has 0 spiro atoms. The Balaban J connectivity index is 3.00. The minimum absolute atomic E-state index is 0.550. The van der Waals surface area contributed by atoms with E-state index in [1.165, 1.54) is 13.8 Å². The molecule has 90 valence electrons. The zero-order valence-electron chi connectivity index (χ0n) is 9.24. The van der Waals surface area contributed by atoms with Gasteiger partial charge in [0, 0.05) is 11.8 Å². The van der Waals surface area contributed by atoms with E-state index in [-0.39, 0.29) is 0 Å². The van der Waals surface area contributed by atoms with Crippen molar-refractivity contribution in [1.29, 1.82) is 0 Å². The summed E-state index contributed by atoms with van der Waals surface area (Å²) in [6.45, 7) is 3.00. The van der Waals surface area contributed by atoms with E-state index >= 15 is 0 Å². The first-order valence-corrected chi connectivity index (χ1v) is 6.90. The zero-order chi connectivity index (χ0) is 11.7. The SMILES string of the molecule is CC(C)C(F)(C1CCCCC1)S(=O)(=O)O. The summed E-state index contributed by atoms with van der Waals surface area (Å²) in [5, 5.41) is -2.46. The Kier molecular flexibility index (Phi) is 3.76. The molecule has 1 N–H and O–H groups in total. The van der Waals surface area contributed by atoms with Gasteiger partial charge < -0.3 is 0 Å². The normalized spacial score (nSPS) is 24.1. The van der Waals surface area contributed by atoms with E-state index in [0.717, 1.165) is 19.3 Å². The van der Waals surface area contributed by atoms with Crippen molar-refractivity contribution in [2.45, 2.75) is 51.0 Å². The fourth-order valence-corrected chi connectivity index (χ4v) is 3.73. The molecule has 1 aliphatic rings. The van der Waals surface area contributed by atoms with Gasteiger partial charge in [0.2, 0.25) is 5.00 Å². The van der Waals surface area contributed by atoms with E-state index in [2.05, 4.69) is 0 Å². The van der Waals surface area contributed by atoms with Crippen LogP contribution in [0.1, 0.15) is 46.0 Å². The Bertz CT molecular complexity index is 307. The van der Waals surface area contributed by atoms with Crippen LogP contribution in [-0.4, -0.2) is 18.0 Å². The van der Waals surface area contributed by atoms with Crippen LogP contribution in [0.2, 0.25) is 0 Å². The largest absolute Gasteiger partial charge is 0.300 e. The Hall–Kier alpha value is -0.160. The summed E-state index contributed by atoms with van der Waals surface area (Å²) < 4.78 is 45.9. The molecule has 0 heterocycles. The number of hydrogen-bond donors (Lipinski definition) is 1. The molecule has 1 atom stereocenters. The molecule has 0 amide bonds. The topological polar surface area (TPSA) is 54.4 Å². The second-order valence-electron chi connectivity index (χ2n) is 4.66. The van der Waals surface area contributed by atoms with Crippen molar-refractivity contribution in [2.24, 2.45) is 11.8 Å². The Morgan fingerprint density at radius 1 is 1.27 bits per heavy atom. The lowest BCUT2D eigenvalue weighted by atomic mass is 9.81. The molecule has 1 fully saturated rings. The lowest BCUT2D eigenvalue weighted by Gasteiger charge is -2.36. The van der Waals surface area contributed by atoms with Gasteiger partial charge in [0.05, 0.1) is 0 Å². The molecular weight excluding hydrogens is 219 g/mol. The van der Waals surface area contributed by atoms with E-state index in [1.54, 1.807) is 0 Å². The van der Waals surface area contributed by atoms with Crippen molar-refractivity contribution in [3.05, 3.63) is 0 Å². The predicted octanol–water partition coefficient (Wildman–Crippen LogP) is 2.78. The third-order valence-electron chi connectivity index (χ3n) is 3.34. The summed E-state index contributed by atoms with van der Waals surface area (Å²) in [7, 11) is -4.63. The van der Waals surface area contributed by atoms with Gasteiger partial charge in [-0.1, -0.05) is 33.1 Å². The van der Waals surface area contributed by atoms with Crippen molar-refractivity contribution < 1.29 is 17.4 Å². The minimum atomic E-state index is -4.63. The Morgan fingerprint density at radius 3 is 2.07 bits per heavy atom. The molecule has 1 saturated carbocycles. The molecular formula is C10H19FO3S. The van der Waals surface area contributed by atoms with Crippen LogP contribution in [0.3, 0.4) is 0 Å². The molecule has 0 saturated heterocycles. The van der Waals surface area contributed by atoms with Gasteiger partial charge in [-0.25, -0.2) is 4.39 Å². The molecule has 1 aliphatic carbocycles. The van der Waals surface area contributed by atoms with Crippen molar-refractivity contribution in [3.8, 4) is 0 Å². The summed E-state index contributed by atoms with van der Waals surface area (Å²) in [4.78, 5) is 0. The molecule has 0 aromatic carbocycles. The van der Waals surface area contributed by atoms with Crippen LogP contribution < -0.4 is 0 Å². The van der Waals surface area contributed by atoms with Crippen LogP contribution in [0.5, 0.6) is 0 Å². The van der Waals surface area contributed by atoms with Crippen LogP contribution in [0.25, 0.3) is 0 Å². The molecule has 3 nitrogen and oxygen atoms in total. The maximum Gasteiger partial charge on any atom is 0.300 e. The molecule has 1 unspecified atom stereocenters. The van der Waals surface area contributed by atoms with E-state index in [0.29, 0.717) is 12.8 Å². The summed E-state index contributed by atoms with van der Waals surface area (Å²) in [5.74, 6) is -1.27. The second kappa shape index (κ2) is 4.37. The predicted molar refractivity (Wildman–Crippen MR) is 56.8 cm³/mol. The highest BCUT2D eigenvalue weighted by molar-refractivity contribution is 7.87. The van der Waals surface area contributed by atoms with Crippen molar-refractivity contribution in [2.75, 3.05) is 0 Å². The monoisotopic (exact) mass is 238 g/mol. The maximum atomic E-state index is 14.5. The highest BCUT2D eigenvalue weighted by Crippen LogP contribution is 2.43. The molecule has 5 heteroatoms. The van der Waals surface area contributed by atoms with E-state index in [9.17, 15) is 12.8 Å². The van der Waals surface area contributed by atoms with Gasteiger partial charge in [-0.15, -0.1) is 0 Å². The highest BCUT2D eigenvalue weighted by Gasteiger charge is 2.52. The van der Waals surface area contributed by atoms with E-state index in [4.69, 9.17) is 4.55 Å². The van der Waals surface area contributed by atoms with E-state index < -0.39 is 27.0 Å². The minimum Gasteiger partial charge on any atom is -0.283 e. The molecule has 0 aliphatic heterocycles. The molecule has 0 aromatic rings. The molecule has 15 heavy (non-hydrogen) atoms. The summed E-state index contributed by atoms with van der Waals surface area (Å²) in [5.41, 5.74) is 0. The number of halogens is 1. The van der Waals surface area contributed by atoms with Gasteiger partial charge in [0.15, 0.2) is 0 Å². The van der Waals surface area contributed by atoms with Crippen molar-refractivity contribution >= 4 is 10.1 Å². The Morgan fingerprint density at radius 2 is 1.73 bits per heavy atom. The van der Waals surface area contributed by atoms with Gasteiger partial charge in [-0.2, -0.15) is 8.42 Å². The second-order valence-corrected chi connectivity index (χ2v) is 6.24. The zero-order valence-corrected chi connectivity index (χ0v) is 10.1. The lowest BCUT2D eigenvalue weighted by Crippen LogP contribution is -2.46. The molecule has 0 bridgehead atoms. The van der Waals surface area contributed by atoms with E-state index in [1.807, 2.05) is 0 Å².